The van der Waals surface area contributed by atoms with Crippen molar-refractivity contribution in [2.75, 3.05) is 13.7 Å². The van der Waals surface area contributed by atoms with Gasteiger partial charge in [0.1, 0.15) is 17.3 Å². The van der Waals surface area contributed by atoms with Gasteiger partial charge < -0.3 is 9.47 Å². The van der Waals surface area contributed by atoms with Crippen LogP contribution >= 0.6 is 0 Å². The molecule has 0 saturated carbocycles. The highest BCUT2D eigenvalue weighted by Gasteiger charge is 2.06. The number of hydrogen-bond acceptors (Lipinski definition) is 4. The zero-order chi connectivity index (χ0) is 16.7. The number of nitrogens with zero attached hydrogens (tertiary/aromatic N) is 1. The van der Waals surface area contributed by atoms with Crippen LogP contribution in [0.25, 0.3) is 0 Å². The lowest BCUT2D eigenvalue weighted by atomic mass is 10.1. The lowest BCUT2D eigenvalue weighted by molar-refractivity contribution is -0.123. The predicted molar refractivity (Wildman–Crippen MR) is 85.2 cm³/mol. The molecule has 2 aromatic carbocycles. The van der Waals surface area contributed by atoms with Gasteiger partial charge in [-0.05, 0) is 37.3 Å². The number of carbonyl (C=O) groups is 1. The maximum atomic E-state index is 13.6. The van der Waals surface area contributed by atoms with Crippen LogP contribution in [0.15, 0.2) is 53.6 Å². The Morgan fingerprint density at radius 2 is 1.78 bits per heavy atom. The molecule has 0 aliphatic heterocycles. The summed E-state index contributed by atoms with van der Waals surface area (Å²) in [6, 6.07) is 13.1. The first-order chi connectivity index (χ1) is 11.1. The zero-order valence-corrected chi connectivity index (χ0v) is 12.9. The van der Waals surface area contributed by atoms with Crippen molar-refractivity contribution in [2.45, 2.75) is 6.92 Å². The van der Waals surface area contributed by atoms with Gasteiger partial charge >= 0.3 is 0 Å². The molecule has 0 aliphatic rings. The summed E-state index contributed by atoms with van der Waals surface area (Å²) >= 11 is 0. The van der Waals surface area contributed by atoms with E-state index in [4.69, 9.17) is 9.47 Å². The van der Waals surface area contributed by atoms with Gasteiger partial charge in [-0.3, -0.25) is 4.79 Å². The van der Waals surface area contributed by atoms with Gasteiger partial charge in [0, 0.05) is 5.56 Å². The molecule has 0 aliphatic carbocycles. The summed E-state index contributed by atoms with van der Waals surface area (Å²) in [6.07, 6.45) is 0. The van der Waals surface area contributed by atoms with E-state index in [-0.39, 0.29) is 6.61 Å². The third kappa shape index (κ3) is 4.81. The van der Waals surface area contributed by atoms with Gasteiger partial charge in [-0.1, -0.05) is 18.2 Å². The Morgan fingerprint density at radius 1 is 1.13 bits per heavy atom. The summed E-state index contributed by atoms with van der Waals surface area (Å²) in [5.41, 5.74) is 3.05. The molecule has 6 heteroatoms. The van der Waals surface area contributed by atoms with Crippen LogP contribution in [0, 0.1) is 5.82 Å². The third-order valence-corrected chi connectivity index (χ3v) is 3.04. The van der Waals surface area contributed by atoms with Crippen LogP contribution in [0.2, 0.25) is 0 Å². The maximum absolute atomic E-state index is 13.6. The second-order valence-corrected chi connectivity index (χ2v) is 4.68. The molecule has 0 spiro atoms. The minimum Gasteiger partial charge on any atom is -0.497 e. The van der Waals surface area contributed by atoms with E-state index in [0.717, 1.165) is 0 Å². The maximum Gasteiger partial charge on any atom is 0.277 e. The Balaban J connectivity index is 1.87. The highest BCUT2D eigenvalue weighted by Crippen LogP contribution is 2.16. The Morgan fingerprint density at radius 3 is 2.43 bits per heavy atom. The Bertz CT molecular complexity index is 699. The number of nitrogens with one attached hydrogen (secondary N) is 1. The molecular formula is C17H17FN2O3. The van der Waals surface area contributed by atoms with Crippen molar-refractivity contribution in [3.05, 3.63) is 59.9 Å². The van der Waals surface area contributed by atoms with Crippen molar-refractivity contribution in [3.8, 4) is 11.5 Å². The van der Waals surface area contributed by atoms with E-state index in [1.54, 1.807) is 56.5 Å². The number of amides is 1. The number of hydrogen-bond donors (Lipinski definition) is 1. The second-order valence-electron chi connectivity index (χ2n) is 4.68. The first kappa shape index (κ1) is 16.5. The van der Waals surface area contributed by atoms with E-state index in [0.29, 0.717) is 22.8 Å². The van der Waals surface area contributed by atoms with Crippen LogP contribution in [-0.4, -0.2) is 25.3 Å². The van der Waals surface area contributed by atoms with E-state index in [1.165, 1.54) is 6.07 Å². The summed E-state index contributed by atoms with van der Waals surface area (Å²) in [6.45, 7) is 1.42. The van der Waals surface area contributed by atoms with Crippen molar-refractivity contribution in [3.63, 3.8) is 0 Å². The fraction of sp³-hybridized carbons (Fsp3) is 0.176. The minimum atomic E-state index is -0.434. The molecule has 120 valence electrons. The summed E-state index contributed by atoms with van der Waals surface area (Å²) < 4.78 is 23.9. The molecule has 0 fully saturated rings. The van der Waals surface area contributed by atoms with Crippen molar-refractivity contribution in [2.24, 2.45) is 5.10 Å². The number of methoxy groups -OCH3 is 1. The molecular weight excluding hydrogens is 299 g/mol. The van der Waals surface area contributed by atoms with Gasteiger partial charge in [0.25, 0.3) is 5.91 Å². The third-order valence-electron chi connectivity index (χ3n) is 3.04. The molecule has 0 aromatic heterocycles. The molecule has 0 heterocycles. The number of halogens is 1. The minimum absolute atomic E-state index is 0.194. The predicted octanol–water partition coefficient (Wildman–Crippen LogP) is 2.75. The van der Waals surface area contributed by atoms with Crippen LogP contribution in [0.1, 0.15) is 12.5 Å². The van der Waals surface area contributed by atoms with E-state index in [9.17, 15) is 9.18 Å². The summed E-state index contributed by atoms with van der Waals surface area (Å²) in [5.74, 6) is 0.414. The van der Waals surface area contributed by atoms with Crippen molar-refractivity contribution < 1.29 is 18.7 Å². The van der Waals surface area contributed by atoms with E-state index in [2.05, 4.69) is 10.5 Å². The smallest absolute Gasteiger partial charge is 0.277 e. The SMILES string of the molecule is COc1ccc(OCC(=O)N/N=C(\C)c2ccccc2F)cc1. The monoisotopic (exact) mass is 316 g/mol. The van der Waals surface area contributed by atoms with Crippen LogP contribution < -0.4 is 14.9 Å². The van der Waals surface area contributed by atoms with Crippen molar-refractivity contribution in [1.82, 2.24) is 5.43 Å². The van der Waals surface area contributed by atoms with Gasteiger partial charge in [0.2, 0.25) is 0 Å². The quantitative estimate of drug-likeness (QED) is 0.658. The van der Waals surface area contributed by atoms with Crippen LogP contribution in [0.4, 0.5) is 4.39 Å². The molecule has 0 unspecified atom stereocenters. The first-order valence-electron chi connectivity index (χ1n) is 6.95. The standard InChI is InChI=1S/C17H17FN2O3/c1-12(15-5-3-4-6-16(15)18)19-20-17(21)11-23-14-9-7-13(22-2)8-10-14/h3-10H,11H2,1-2H3,(H,20,21)/b19-12+. The number of rotatable bonds is 6. The number of benzene rings is 2. The molecule has 0 radical (unpaired) electrons. The van der Waals surface area contributed by atoms with Crippen LogP contribution in [0.3, 0.4) is 0 Å². The largest absolute Gasteiger partial charge is 0.497 e. The average Bonchev–Trinajstić information content (AvgIpc) is 2.58. The molecule has 23 heavy (non-hydrogen) atoms. The summed E-state index contributed by atoms with van der Waals surface area (Å²) in [4.78, 5) is 11.7. The summed E-state index contributed by atoms with van der Waals surface area (Å²) in [5, 5.41) is 3.87. The molecule has 0 saturated heterocycles. The molecule has 2 aromatic rings. The topological polar surface area (TPSA) is 59.9 Å². The Kier molecular flexibility index (Phi) is 5.68. The van der Waals surface area contributed by atoms with Gasteiger partial charge in [-0.25, -0.2) is 9.82 Å². The lowest BCUT2D eigenvalue weighted by Gasteiger charge is -2.07. The van der Waals surface area contributed by atoms with Crippen molar-refractivity contribution >= 4 is 11.6 Å². The highest BCUT2D eigenvalue weighted by atomic mass is 19.1. The fourth-order valence-corrected chi connectivity index (χ4v) is 1.81. The van der Waals surface area contributed by atoms with Crippen LogP contribution in [-0.2, 0) is 4.79 Å². The molecule has 0 atom stereocenters. The zero-order valence-electron chi connectivity index (χ0n) is 12.9. The van der Waals surface area contributed by atoms with E-state index < -0.39 is 11.7 Å². The number of hydrazone groups is 1. The van der Waals surface area contributed by atoms with Gasteiger partial charge in [0.05, 0.1) is 12.8 Å². The molecule has 1 N–H and O–H groups in total. The number of carbonyl (C=O) groups excluding carboxylic acids is 1. The van der Waals surface area contributed by atoms with Gasteiger partial charge in [-0.15, -0.1) is 0 Å². The second kappa shape index (κ2) is 7.93. The normalized spacial score (nSPS) is 11.0. The van der Waals surface area contributed by atoms with E-state index in [1.807, 2.05) is 0 Å². The lowest BCUT2D eigenvalue weighted by Crippen LogP contribution is -2.25. The molecule has 1 amide bonds. The van der Waals surface area contributed by atoms with E-state index >= 15 is 0 Å². The number of ether oxygens (including phenoxy) is 2. The van der Waals surface area contributed by atoms with Crippen LogP contribution in [0.5, 0.6) is 11.5 Å². The summed E-state index contributed by atoms with van der Waals surface area (Å²) in [7, 11) is 1.57. The average molecular weight is 316 g/mol. The van der Waals surface area contributed by atoms with Gasteiger partial charge in [-0.2, -0.15) is 5.10 Å². The Labute approximate surface area is 133 Å². The van der Waals surface area contributed by atoms with Crippen molar-refractivity contribution in [1.29, 1.82) is 0 Å². The molecule has 0 bridgehead atoms. The molecule has 5 nitrogen and oxygen atoms in total. The Hall–Kier alpha value is -2.89. The first-order valence-corrected chi connectivity index (χ1v) is 6.95. The molecule has 2 rings (SSSR count). The fourth-order valence-electron chi connectivity index (χ4n) is 1.81. The highest BCUT2D eigenvalue weighted by molar-refractivity contribution is 5.99. The van der Waals surface area contributed by atoms with Gasteiger partial charge in [0.15, 0.2) is 6.61 Å².